The average Bonchev–Trinajstić information content (AvgIpc) is 2.56. The molecule has 0 aromatic rings. The fourth-order valence-corrected chi connectivity index (χ4v) is 3.42. The third-order valence-corrected chi connectivity index (χ3v) is 5.12. The number of aliphatic hydroxyl groups excluding tert-OH is 1. The number of rotatable bonds is 19. The van der Waals surface area contributed by atoms with Crippen molar-refractivity contribution < 1.29 is 23.6 Å². The van der Waals surface area contributed by atoms with Gasteiger partial charge in [0.25, 0.3) is 0 Å². The minimum atomic E-state index is -3.96. The Labute approximate surface area is 148 Å². The van der Waals surface area contributed by atoms with Crippen LogP contribution in [0.1, 0.15) is 96.8 Å². The van der Waals surface area contributed by atoms with Gasteiger partial charge in [-0.05, 0) is 6.42 Å². The number of phosphoric ester groups is 1. The summed E-state index contributed by atoms with van der Waals surface area (Å²) in [5, 5.41) is 8.52. The minimum absolute atomic E-state index is 0.174. The molecule has 0 radical (unpaired) electrons. The van der Waals surface area contributed by atoms with Crippen LogP contribution in [0.4, 0.5) is 0 Å². The highest BCUT2D eigenvalue weighted by molar-refractivity contribution is 7.47. The van der Waals surface area contributed by atoms with Crippen LogP contribution in [0.15, 0.2) is 0 Å². The Kier molecular flexibility index (Phi) is 17.9. The largest absolute Gasteiger partial charge is 0.472 e. The summed E-state index contributed by atoms with van der Waals surface area (Å²) >= 11 is 0. The molecule has 0 amide bonds. The fourth-order valence-electron chi connectivity index (χ4n) is 2.67. The predicted octanol–water partition coefficient (Wildman–Crippen LogP) is 5.59. The molecule has 0 aliphatic heterocycles. The van der Waals surface area contributed by atoms with E-state index in [0.717, 1.165) is 19.3 Å². The number of unbranched alkanes of at least 4 members (excludes halogenated alkanes) is 13. The highest BCUT2D eigenvalue weighted by Crippen LogP contribution is 2.42. The van der Waals surface area contributed by atoms with Gasteiger partial charge in [0.1, 0.15) is 0 Å². The molecule has 0 aliphatic rings. The van der Waals surface area contributed by atoms with E-state index in [-0.39, 0.29) is 19.8 Å². The van der Waals surface area contributed by atoms with Gasteiger partial charge in [0.15, 0.2) is 0 Å². The van der Waals surface area contributed by atoms with Crippen LogP contribution in [0, 0.1) is 0 Å². The van der Waals surface area contributed by atoms with E-state index >= 15 is 0 Å². The molecule has 2 N–H and O–H groups in total. The second kappa shape index (κ2) is 17.9. The lowest BCUT2D eigenvalue weighted by Crippen LogP contribution is -2.01. The van der Waals surface area contributed by atoms with E-state index < -0.39 is 7.82 Å². The standard InChI is InChI=1S/C18H39O5P/c1-2-3-4-5-6-7-8-9-10-11-12-13-14-15-17-22-24(20,21)23-18-16-19/h19H,2-18H2,1H3,(H,20,21). The van der Waals surface area contributed by atoms with Crippen LogP contribution in [0.5, 0.6) is 0 Å². The summed E-state index contributed by atoms with van der Waals surface area (Å²) in [5.74, 6) is 0. The molecule has 5 nitrogen and oxygen atoms in total. The number of hydrogen-bond acceptors (Lipinski definition) is 4. The number of hydrogen-bond donors (Lipinski definition) is 2. The molecular formula is C18H39O5P. The lowest BCUT2D eigenvalue weighted by molar-refractivity contribution is 0.122. The highest BCUT2D eigenvalue weighted by Gasteiger charge is 2.19. The maximum Gasteiger partial charge on any atom is 0.472 e. The SMILES string of the molecule is CCCCCCCCCCCCCCCCOP(=O)(O)OCCO. The third-order valence-electron chi connectivity index (χ3n) is 4.10. The van der Waals surface area contributed by atoms with Gasteiger partial charge in [-0.2, -0.15) is 0 Å². The molecule has 24 heavy (non-hydrogen) atoms. The minimum Gasteiger partial charge on any atom is -0.394 e. The Bertz CT molecular complexity index is 299. The average molecular weight is 366 g/mol. The normalized spacial score (nSPS) is 14.0. The van der Waals surface area contributed by atoms with Gasteiger partial charge in [-0.3, -0.25) is 9.05 Å². The van der Waals surface area contributed by atoms with Crippen molar-refractivity contribution in [1.82, 2.24) is 0 Å². The van der Waals surface area contributed by atoms with Crippen LogP contribution in [-0.4, -0.2) is 29.8 Å². The lowest BCUT2D eigenvalue weighted by atomic mass is 10.0. The molecule has 0 fully saturated rings. The first kappa shape index (κ1) is 24.1. The quantitative estimate of drug-likeness (QED) is 0.230. The summed E-state index contributed by atoms with van der Waals surface area (Å²) in [7, 11) is -3.96. The van der Waals surface area contributed by atoms with E-state index in [1.807, 2.05) is 0 Å². The van der Waals surface area contributed by atoms with Crippen LogP contribution in [0.2, 0.25) is 0 Å². The highest BCUT2D eigenvalue weighted by atomic mass is 31.2. The Hall–Kier alpha value is 0.0700. The van der Waals surface area contributed by atoms with Crippen LogP contribution in [-0.2, 0) is 13.6 Å². The summed E-state index contributed by atoms with van der Waals surface area (Å²) in [6.45, 7) is 2.03. The van der Waals surface area contributed by atoms with E-state index in [1.54, 1.807) is 0 Å². The van der Waals surface area contributed by atoms with Crippen LogP contribution < -0.4 is 0 Å². The molecule has 1 unspecified atom stereocenters. The van der Waals surface area contributed by atoms with E-state index in [4.69, 9.17) is 9.63 Å². The van der Waals surface area contributed by atoms with Crippen LogP contribution >= 0.6 is 7.82 Å². The van der Waals surface area contributed by atoms with Crippen molar-refractivity contribution in [3.63, 3.8) is 0 Å². The number of aliphatic hydroxyl groups is 1. The number of phosphoric acid groups is 1. The zero-order chi connectivity index (χ0) is 17.9. The zero-order valence-electron chi connectivity index (χ0n) is 15.6. The first-order valence-corrected chi connectivity index (χ1v) is 11.3. The van der Waals surface area contributed by atoms with E-state index in [0.29, 0.717) is 0 Å². The van der Waals surface area contributed by atoms with Crippen molar-refractivity contribution in [2.75, 3.05) is 19.8 Å². The van der Waals surface area contributed by atoms with Crippen LogP contribution in [0.25, 0.3) is 0 Å². The molecule has 0 bridgehead atoms. The molecule has 0 aromatic carbocycles. The molecule has 6 heteroatoms. The molecule has 0 aromatic heterocycles. The Morgan fingerprint density at radius 2 is 1.04 bits per heavy atom. The Balaban J connectivity index is 3.16. The van der Waals surface area contributed by atoms with Crippen molar-refractivity contribution in [1.29, 1.82) is 0 Å². The summed E-state index contributed by atoms with van der Waals surface area (Å²) in [6.07, 6.45) is 17.8. The third kappa shape index (κ3) is 18.4. The Morgan fingerprint density at radius 3 is 1.46 bits per heavy atom. The molecule has 146 valence electrons. The van der Waals surface area contributed by atoms with Crippen molar-refractivity contribution in [3.8, 4) is 0 Å². The molecule has 0 spiro atoms. The van der Waals surface area contributed by atoms with E-state index in [1.165, 1.54) is 70.6 Å². The Morgan fingerprint density at radius 1 is 0.667 bits per heavy atom. The van der Waals surface area contributed by atoms with Gasteiger partial charge in [-0.1, -0.05) is 90.4 Å². The van der Waals surface area contributed by atoms with Crippen LogP contribution in [0.3, 0.4) is 0 Å². The first-order valence-electron chi connectivity index (χ1n) is 9.85. The first-order chi connectivity index (χ1) is 11.6. The van der Waals surface area contributed by atoms with Gasteiger partial charge >= 0.3 is 7.82 Å². The summed E-state index contributed by atoms with van der Waals surface area (Å²) in [5.41, 5.74) is 0. The predicted molar refractivity (Wildman–Crippen MR) is 99.1 cm³/mol. The fraction of sp³-hybridized carbons (Fsp3) is 1.00. The summed E-state index contributed by atoms with van der Waals surface area (Å²) in [4.78, 5) is 9.25. The van der Waals surface area contributed by atoms with Gasteiger partial charge in [0, 0.05) is 0 Å². The second-order valence-corrected chi connectivity index (χ2v) is 7.91. The molecule has 0 heterocycles. The van der Waals surface area contributed by atoms with Gasteiger partial charge < -0.3 is 10.00 Å². The zero-order valence-corrected chi connectivity index (χ0v) is 16.5. The topological polar surface area (TPSA) is 76.0 Å². The molecule has 0 rings (SSSR count). The van der Waals surface area contributed by atoms with Crippen molar-refractivity contribution in [2.45, 2.75) is 96.8 Å². The lowest BCUT2D eigenvalue weighted by Gasteiger charge is -2.11. The molecule has 1 atom stereocenters. The molecule has 0 aliphatic carbocycles. The summed E-state index contributed by atoms with van der Waals surface area (Å²) < 4.78 is 20.7. The van der Waals surface area contributed by atoms with Gasteiger partial charge in [-0.25, -0.2) is 4.57 Å². The van der Waals surface area contributed by atoms with Gasteiger partial charge in [0.2, 0.25) is 0 Å². The van der Waals surface area contributed by atoms with Crippen molar-refractivity contribution in [2.24, 2.45) is 0 Å². The van der Waals surface area contributed by atoms with Crippen molar-refractivity contribution in [3.05, 3.63) is 0 Å². The van der Waals surface area contributed by atoms with Crippen molar-refractivity contribution >= 4 is 7.82 Å². The smallest absolute Gasteiger partial charge is 0.394 e. The van der Waals surface area contributed by atoms with E-state index in [9.17, 15) is 9.46 Å². The maximum absolute atomic E-state index is 11.3. The molecule has 0 saturated heterocycles. The maximum atomic E-state index is 11.3. The second-order valence-electron chi connectivity index (χ2n) is 6.45. The molecule has 0 saturated carbocycles. The van der Waals surface area contributed by atoms with E-state index in [2.05, 4.69) is 11.4 Å². The van der Waals surface area contributed by atoms with Gasteiger partial charge in [-0.15, -0.1) is 0 Å². The summed E-state index contributed by atoms with van der Waals surface area (Å²) in [6, 6.07) is 0. The monoisotopic (exact) mass is 366 g/mol. The molecular weight excluding hydrogens is 327 g/mol. The van der Waals surface area contributed by atoms with Gasteiger partial charge in [0.05, 0.1) is 19.8 Å².